The topological polar surface area (TPSA) is 79.0 Å². The largest absolute Gasteiger partial charge is 0.493 e. The van der Waals surface area contributed by atoms with Crippen LogP contribution < -0.4 is 10.1 Å². The fourth-order valence-corrected chi connectivity index (χ4v) is 4.40. The molecule has 0 bridgehead atoms. The number of carbonyl (C=O) groups excluding carboxylic acids is 3. The summed E-state index contributed by atoms with van der Waals surface area (Å²) < 4.78 is 5.62. The smallest absolute Gasteiger partial charge is 0.258 e. The molecule has 2 aliphatic heterocycles. The van der Waals surface area contributed by atoms with Gasteiger partial charge in [-0.1, -0.05) is 26.0 Å². The summed E-state index contributed by atoms with van der Waals surface area (Å²) in [6.45, 7) is 8.75. The third-order valence-electron chi connectivity index (χ3n) is 6.00. The SMILES string of the molecule is CCOc1ccccc1C(=O)N1CCCC1C(=O)N1CCCC(C(=O)NCC(C)C)C1. The van der Waals surface area contributed by atoms with Crippen molar-refractivity contribution in [3.63, 3.8) is 0 Å². The molecule has 2 fully saturated rings. The Labute approximate surface area is 185 Å². The number of para-hydroxylation sites is 1. The predicted octanol–water partition coefficient (Wildman–Crippen LogP) is 2.70. The Hall–Kier alpha value is -2.57. The van der Waals surface area contributed by atoms with Crippen LogP contribution in [0.3, 0.4) is 0 Å². The van der Waals surface area contributed by atoms with Gasteiger partial charge in [0.2, 0.25) is 11.8 Å². The highest BCUT2D eigenvalue weighted by Crippen LogP contribution is 2.27. The quantitative estimate of drug-likeness (QED) is 0.723. The second-order valence-corrected chi connectivity index (χ2v) is 8.85. The van der Waals surface area contributed by atoms with Crippen molar-refractivity contribution >= 4 is 17.7 Å². The molecule has 2 heterocycles. The summed E-state index contributed by atoms with van der Waals surface area (Å²) in [6, 6.07) is 6.72. The monoisotopic (exact) mass is 429 g/mol. The van der Waals surface area contributed by atoms with Crippen LogP contribution in [0.4, 0.5) is 0 Å². The highest BCUT2D eigenvalue weighted by molar-refractivity contribution is 6.00. The maximum atomic E-state index is 13.4. The van der Waals surface area contributed by atoms with E-state index in [9.17, 15) is 14.4 Å². The van der Waals surface area contributed by atoms with E-state index in [1.807, 2.05) is 19.1 Å². The molecule has 3 amide bonds. The summed E-state index contributed by atoms with van der Waals surface area (Å²) in [6.07, 6.45) is 3.05. The number of hydrogen-bond acceptors (Lipinski definition) is 4. The van der Waals surface area contributed by atoms with Crippen LogP contribution in [0.2, 0.25) is 0 Å². The van der Waals surface area contributed by atoms with Gasteiger partial charge in [0.25, 0.3) is 5.91 Å². The first-order chi connectivity index (χ1) is 14.9. The van der Waals surface area contributed by atoms with Gasteiger partial charge >= 0.3 is 0 Å². The molecule has 0 aliphatic carbocycles. The number of amides is 3. The van der Waals surface area contributed by atoms with Crippen molar-refractivity contribution < 1.29 is 19.1 Å². The van der Waals surface area contributed by atoms with Gasteiger partial charge < -0.3 is 19.9 Å². The average molecular weight is 430 g/mol. The minimum Gasteiger partial charge on any atom is -0.493 e. The first-order valence-corrected chi connectivity index (χ1v) is 11.5. The van der Waals surface area contributed by atoms with Crippen LogP contribution in [0.5, 0.6) is 5.75 Å². The molecule has 2 atom stereocenters. The maximum absolute atomic E-state index is 13.4. The van der Waals surface area contributed by atoms with E-state index in [-0.39, 0.29) is 23.6 Å². The van der Waals surface area contributed by atoms with Gasteiger partial charge in [-0.25, -0.2) is 0 Å². The molecule has 7 nitrogen and oxygen atoms in total. The lowest BCUT2D eigenvalue weighted by molar-refractivity contribution is -0.139. The molecule has 0 spiro atoms. The molecule has 0 radical (unpaired) electrons. The lowest BCUT2D eigenvalue weighted by Gasteiger charge is -2.35. The van der Waals surface area contributed by atoms with E-state index in [2.05, 4.69) is 19.2 Å². The molecular weight excluding hydrogens is 394 g/mol. The summed E-state index contributed by atoms with van der Waals surface area (Å²) in [4.78, 5) is 42.6. The van der Waals surface area contributed by atoms with Crippen LogP contribution in [-0.2, 0) is 9.59 Å². The number of hydrogen-bond donors (Lipinski definition) is 1. The number of likely N-dealkylation sites (tertiary alicyclic amines) is 2. The number of ether oxygens (including phenoxy) is 1. The maximum Gasteiger partial charge on any atom is 0.258 e. The standard InChI is InChI=1S/C24H35N3O4/c1-4-31-21-12-6-5-10-19(21)23(29)27-14-8-11-20(27)24(30)26-13-7-9-18(16-26)22(28)25-15-17(2)3/h5-6,10,12,17-18,20H,4,7-9,11,13-16H2,1-3H3,(H,25,28). The van der Waals surface area contributed by atoms with Crippen molar-refractivity contribution in [1.29, 1.82) is 0 Å². The summed E-state index contributed by atoms with van der Waals surface area (Å²) >= 11 is 0. The van der Waals surface area contributed by atoms with Crippen LogP contribution in [-0.4, -0.2) is 66.3 Å². The molecule has 170 valence electrons. The molecule has 0 saturated carbocycles. The van der Waals surface area contributed by atoms with Crippen molar-refractivity contribution in [3.05, 3.63) is 29.8 Å². The molecule has 2 unspecified atom stereocenters. The average Bonchev–Trinajstić information content (AvgIpc) is 3.27. The Morgan fingerprint density at radius 1 is 1.13 bits per heavy atom. The third-order valence-corrected chi connectivity index (χ3v) is 6.00. The van der Waals surface area contributed by atoms with Crippen molar-refractivity contribution in [2.75, 3.05) is 32.8 Å². The molecule has 3 rings (SSSR count). The minimum absolute atomic E-state index is 0.0243. The summed E-state index contributed by atoms with van der Waals surface area (Å²) in [5, 5.41) is 2.99. The molecule has 2 aliphatic rings. The molecule has 1 N–H and O–H groups in total. The molecule has 7 heteroatoms. The number of rotatable bonds is 7. The van der Waals surface area contributed by atoms with E-state index in [1.165, 1.54) is 0 Å². The molecule has 1 aromatic rings. The van der Waals surface area contributed by atoms with Gasteiger partial charge in [0.1, 0.15) is 11.8 Å². The van der Waals surface area contributed by atoms with E-state index in [4.69, 9.17) is 4.74 Å². The van der Waals surface area contributed by atoms with Gasteiger partial charge in [0.15, 0.2) is 0 Å². The van der Waals surface area contributed by atoms with Gasteiger partial charge in [-0.3, -0.25) is 14.4 Å². The lowest BCUT2D eigenvalue weighted by Crippen LogP contribution is -2.52. The zero-order valence-corrected chi connectivity index (χ0v) is 18.9. The van der Waals surface area contributed by atoms with Gasteiger partial charge in [0, 0.05) is 26.2 Å². The van der Waals surface area contributed by atoms with E-state index in [1.54, 1.807) is 21.9 Å². The molecule has 0 aromatic heterocycles. The number of carbonyl (C=O) groups is 3. The normalized spacial score (nSPS) is 21.3. The summed E-state index contributed by atoms with van der Waals surface area (Å²) in [5.74, 6) is 0.581. The Bertz CT molecular complexity index is 795. The summed E-state index contributed by atoms with van der Waals surface area (Å²) in [5.41, 5.74) is 0.494. The van der Waals surface area contributed by atoms with E-state index in [0.29, 0.717) is 56.4 Å². The molecular formula is C24H35N3O4. The molecule has 2 saturated heterocycles. The first kappa shape index (κ1) is 23.1. The van der Waals surface area contributed by atoms with Crippen LogP contribution in [0.25, 0.3) is 0 Å². The number of piperidine rings is 1. The van der Waals surface area contributed by atoms with Gasteiger partial charge in [-0.15, -0.1) is 0 Å². The molecule has 1 aromatic carbocycles. The second kappa shape index (κ2) is 10.6. The van der Waals surface area contributed by atoms with Gasteiger partial charge in [-0.05, 0) is 50.7 Å². The first-order valence-electron chi connectivity index (χ1n) is 11.5. The van der Waals surface area contributed by atoms with Crippen molar-refractivity contribution in [3.8, 4) is 5.75 Å². The van der Waals surface area contributed by atoms with Crippen LogP contribution in [0.1, 0.15) is 56.8 Å². The fourth-order valence-electron chi connectivity index (χ4n) is 4.40. The lowest BCUT2D eigenvalue weighted by atomic mass is 9.96. The van der Waals surface area contributed by atoms with Gasteiger partial charge in [-0.2, -0.15) is 0 Å². The Morgan fingerprint density at radius 2 is 1.87 bits per heavy atom. The Morgan fingerprint density at radius 3 is 2.61 bits per heavy atom. The van der Waals surface area contributed by atoms with Crippen molar-refractivity contribution in [1.82, 2.24) is 15.1 Å². The number of benzene rings is 1. The van der Waals surface area contributed by atoms with E-state index >= 15 is 0 Å². The highest BCUT2D eigenvalue weighted by Gasteiger charge is 2.39. The van der Waals surface area contributed by atoms with E-state index < -0.39 is 6.04 Å². The zero-order chi connectivity index (χ0) is 22.4. The second-order valence-electron chi connectivity index (χ2n) is 8.85. The number of nitrogens with one attached hydrogen (secondary N) is 1. The predicted molar refractivity (Wildman–Crippen MR) is 119 cm³/mol. The van der Waals surface area contributed by atoms with Crippen LogP contribution in [0.15, 0.2) is 24.3 Å². The Balaban J connectivity index is 1.68. The van der Waals surface area contributed by atoms with E-state index in [0.717, 1.165) is 19.3 Å². The Kier molecular flexibility index (Phi) is 7.93. The third kappa shape index (κ3) is 5.57. The van der Waals surface area contributed by atoms with Crippen molar-refractivity contribution in [2.45, 2.75) is 52.5 Å². The molecule has 31 heavy (non-hydrogen) atoms. The van der Waals surface area contributed by atoms with Crippen LogP contribution >= 0.6 is 0 Å². The van der Waals surface area contributed by atoms with Crippen LogP contribution in [0, 0.1) is 11.8 Å². The fraction of sp³-hybridized carbons (Fsp3) is 0.625. The van der Waals surface area contributed by atoms with Gasteiger partial charge in [0.05, 0.1) is 18.1 Å². The zero-order valence-electron chi connectivity index (χ0n) is 18.9. The summed E-state index contributed by atoms with van der Waals surface area (Å²) in [7, 11) is 0. The highest BCUT2D eigenvalue weighted by atomic mass is 16.5. The van der Waals surface area contributed by atoms with Crippen molar-refractivity contribution in [2.24, 2.45) is 11.8 Å². The minimum atomic E-state index is -0.473. The number of nitrogens with zero attached hydrogens (tertiary/aromatic N) is 2.